The number of aliphatic hydroxyl groups excluding tert-OH is 2. The van der Waals surface area contributed by atoms with Gasteiger partial charge in [-0.25, -0.2) is 0 Å². The lowest BCUT2D eigenvalue weighted by molar-refractivity contribution is 0.112. The summed E-state index contributed by atoms with van der Waals surface area (Å²) in [5.74, 6) is 0.108. The molecule has 0 aromatic heterocycles. The van der Waals surface area contributed by atoms with Crippen molar-refractivity contribution < 1.29 is 10.2 Å². The van der Waals surface area contributed by atoms with Crippen molar-refractivity contribution in [1.29, 1.82) is 0 Å². The number of hydrogen-bond donors (Lipinski definition) is 2. The van der Waals surface area contributed by atoms with E-state index < -0.39 is 6.10 Å². The van der Waals surface area contributed by atoms with Crippen LogP contribution in [0, 0.1) is 0 Å². The van der Waals surface area contributed by atoms with Crippen LogP contribution in [0.4, 0.5) is 0 Å². The van der Waals surface area contributed by atoms with E-state index >= 15 is 0 Å². The van der Waals surface area contributed by atoms with Crippen molar-refractivity contribution in [2.45, 2.75) is 6.10 Å². The predicted octanol–water partition coefficient (Wildman–Crippen LogP) is -0.244. The SMILES string of the molecule is CN(C)C.OCC(O)CCl. The fourth-order valence-electron chi connectivity index (χ4n) is 0.0488. The van der Waals surface area contributed by atoms with Gasteiger partial charge in [0.05, 0.1) is 18.6 Å². The molecule has 0 aromatic rings. The molecule has 0 rings (SSSR count). The molecule has 0 bridgehead atoms. The van der Waals surface area contributed by atoms with Gasteiger partial charge in [0.1, 0.15) is 0 Å². The van der Waals surface area contributed by atoms with Crippen LogP contribution >= 0.6 is 11.6 Å². The fraction of sp³-hybridized carbons (Fsp3) is 1.00. The number of halogens is 1. The van der Waals surface area contributed by atoms with Gasteiger partial charge in [0.2, 0.25) is 0 Å². The van der Waals surface area contributed by atoms with Gasteiger partial charge in [-0.3, -0.25) is 0 Å². The van der Waals surface area contributed by atoms with Crippen molar-refractivity contribution in [3.05, 3.63) is 0 Å². The molecule has 10 heavy (non-hydrogen) atoms. The van der Waals surface area contributed by atoms with E-state index in [2.05, 4.69) is 0 Å². The maximum atomic E-state index is 8.28. The zero-order valence-corrected chi connectivity index (χ0v) is 7.47. The molecule has 0 aromatic carbocycles. The van der Waals surface area contributed by atoms with Crippen LogP contribution < -0.4 is 0 Å². The minimum atomic E-state index is -0.744. The zero-order valence-electron chi connectivity index (χ0n) is 6.71. The van der Waals surface area contributed by atoms with Gasteiger partial charge in [0.15, 0.2) is 0 Å². The van der Waals surface area contributed by atoms with E-state index in [1.807, 2.05) is 26.0 Å². The molecule has 0 radical (unpaired) electrons. The average Bonchev–Trinajstić information content (AvgIpc) is 1.85. The molecule has 0 spiro atoms. The molecule has 2 N–H and O–H groups in total. The van der Waals surface area contributed by atoms with Gasteiger partial charge in [-0.2, -0.15) is 0 Å². The van der Waals surface area contributed by atoms with Crippen molar-refractivity contribution in [3.63, 3.8) is 0 Å². The monoisotopic (exact) mass is 169 g/mol. The second-order valence-corrected chi connectivity index (χ2v) is 2.64. The summed E-state index contributed by atoms with van der Waals surface area (Å²) in [5.41, 5.74) is 0. The van der Waals surface area contributed by atoms with Crippen molar-refractivity contribution in [3.8, 4) is 0 Å². The highest BCUT2D eigenvalue weighted by Gasteiger charge is 1.94. The van der Waals surface area contributed by atoms with Crippen LogP contribution in [0.1, 0.15) is 0 Å². The first kappa shape index (κ1) is 12.8. The number of aliphatic hydroxyl groups is 2. The van der Waals surface area contributed by atoms with Gasteiger partial charge in [-0.15, -0.1) is 11.6 Å². The predicted molar refractivity (Wildman–Crippen MR) is 43.4 cm³/mol. The summed E-state index contributed by atoms with van der Waals surface area (Å²) < 4.78 is 0. The number of nitrogens with zero attached hydrogens (tertiary/aromatic N) is 1. The van der Waals surface area contributed by atoms with Crippen molar-refractivity contribution >= 4 is 11.6 Å². The van der Waals surface area contributed by atoms with Crippen molar-refractivity contribution in [1.82, 2.24) is 4.90 Å². The molecule has 0 aliphatic heterocycles. The van der Waals surface area contributed by atoms with E-state index in [0.717, 1.165) is 0 Å². The van der Waals surface area contributed by atoms with E-state index in [9.17, 15) is 0 Å². The maximum Gasteiger partial charge on any atom is 0.0905 e. The minimum Gasteiger partial charge on any atom is -0.394 e. The van der Waals surface area contributed by atoms with Crippen LogP contribution in [0.15, 0.2) is 0 Å². The molecule has 0 fully saturated rings. The molecule has 1 unspecified atom stereocenters. The van der Waals surface area contributed by atoms with E-state index in [0.29, 0.717) is 0 Å². The molecule has 0 amide bonds. The lowest BCUT2D eigenvalue weighted by Crippen LogP contribution is -2.12. The molecular formula is C6H16ClNO2. The number of alkyl halides is 1. The van der Waals surface area contributed by atoms with E-state index in [-0.39, 0.29) is 12.5 Å². The van der Waals surface area contributed by atoms with Gasteiger partial charge in [-0.05, 0) is 21.1 Å². The summed E-state index contributed by atoms with van der Waals surface area (Å²) in [4.78, 5) is 2.00. The van der Waals surface area contributed by atoms with Crippen LogP contribution in [-0.4, -0.2) is 54.8 Å². The van der Waals surface area contributed by atoms with Gasteiger partial charge in [-0.1, -0.05) is 0 Å². The molecule has 64 valence electrons. The molecule has 0 aliphatic carbocycles. The molecule has 0 heterocycles. The van der Waals surface area contributed by atoms with E-state index in [1.54, 1.807) is 0 Å². The third kappa shape index (κ3) is 24.2. The van der Waals surface area contributed by atoms with Gasteiger partial charge in [0, 0.05) is 0 Å². The molecule has 1 atom stereocenters. The highest BCUT2D eigenvalue weighted by molar-refractivity contribution is 6.18. The first-order valence-electron chi connectivity index (χ1n) is 3.00. The third-order valence-corrected chi connectivity index (χ3v) is 0.745. The van der Waals surface area contributed by atoms with Gasteiger partial charge < -0.3 is 15.1 Å². The molecule has 0 saturated carbocycles. The fourth-order valence-corrected chi connectivity index (χ4v) is 0.146. The molecule has 0 saturated heterocycles. The summed E-state index contributed by atoms with van der Waals surface area (Å²) in [7, 11) is 6.00. The zero-order chi connectivity index (χ0) is 8.57. The van der Waals surface area contributed by atoms with E-state index in [4.69, 9.17) is 21.8 Å². The Bertz CT molecular complexity index is 55.0. The summed E-state index contributed by atoms with van der Waals surface area (Å²) in [6.45, 7) is -0.247. The Kier molecular flexibility index (Phi) is 11.7. The first-order chi connectivity index (χ1) is 4.54. The smallest absolute Gasteiger partial charge is 0.0905 e. The largest absolute Gasteiger partial charge is 0.394 e. The normalized spacial score (nSPS) is 12.3. The lowest BCUT2D eigenvalue weighted by Gasteiger charge is -1.95. The molecule has 3 nitrogen and oxygen atoms in total. The Morgan fingerprint density at radius 1 is 1.40 bits per heavy atom. The minimum absolute atomic E-state index is 0.108. The van der Waals surface area contributed by atoms with Crippen molar-refractivity contribution in [2.24, 2.45) is 0 Å². The van der Waals surface area contributed by atoms with Crippen LogP contribution in [0.2, 0.25) is 0 Å². The van der Waals surface area contributed by atoms with Crippen LogP contribution in [0.3, 0.4) is 0 Å². The summed E-state index contributed by atoms with van der Waals surface area (Å²) >= 11 is 5.04. The van der Waals surface area contributed by atoms with Crippen LogP contribution in [0.5, 0.6) is 0 Å². The molecular weight excluding hydrogens is 154 g/mol. The Balaban J connectivity index is 0. The second-order valence-electron chi connectivity index (χ2n) is 2.33. The quantitative estimate of drug-likeness (QED) is 0.561. The van der Waals surface area contributed by atoms with Gasteiger partial charge >= 0.3 is 0 Å². The molecule has 0 aliphatic rings. The van der Waals surface area contributed by atoms with Gasteiger partial charge in [0.25, 0.3) is 0 Å². The summed E-state index contributed by atoms with van der Waals surface area (Å²) in [6.07, 6.45) is -0.744. The average molecular weight is 170 g/mol. The Labute approximate surface area is 67.2 Å². The van der Waals surface area contributed by atoms with Crippen LogP contribution in [0.25, 0.3) is 0 Å². The van der Waals surface area contributed by atoms with Crippen LogP contribution in [-0.2, 0) is 0 Å². The lowest BCUT2D eigenvalue weighted by atomic mass is 10.5. The Morgan fingerprint density at radius 3 is 1.70 bits per heavy atom. The topological polar surface area (TPSA) is 43.7 Å². The maximum absolute atomic E-state index is 8.28. The third-order valence-electron chi connectivity index (χ3n) is 0.389. The Morgan fingerprint density at radius 2 is 1.70 bits per heavy atom. The number of rotatable bonds is 2. The summed E-state index contributed by atoms with van der Waals surface area (Å²) in [5, 5.41) is 16.3. The highest BCUT2D eigenvalue weighted by atomic mass is 35.5. The highest BCUT2D eigenvalue weighted by Crippen LogP contribution is 1.81. The summed E-state index contributed by atoms with van der Waals surface area (Å²) in [6, 6.07) is 0. The number of hydrogen-bond acceptors (Lipinski definition) is 3. The molecule has 4 heteroatoms. The first-order valence-corrected chi connectivity index (χ1v) is 3.53. The second kappa shape index (κ2) is 9.17. The van der Waals surface area contributed by atoms with E-state index in [1.165, 1.54) is 0 Å². The standard InChI is InChI=1S/C3H7ClO2.C3H9N/c4-1-3(6)2-5;1-4(2)3/h3,5-6H,1-2H2;1-3H3. The van der Waals surface area contributed by atoms with Crippen molar-refractivity contribution in [2.75, 3.05) is 33.6 Å². The Hall–Kier alpha value is 0.170.